The highest BCUT2D eigenvalue weighted by molar-refractivity contribution is 7.17. The van der Waals surface area contributed by atoms with E-state index in [0.717, 1.165) is 10.4 Å². The zero-order chi connectivity index (χ0) is 13.7. The lowest BCUT2D eigenvalue weighted by Crippen LogP contribution is -2.07. The van der Waals surface area contributed by atoms with Crippen LogP contribution in [0.1, 0.15) is 10.4 Å². The van der Waals surface area contributed by atoms with Crippen LogP contribution >= 0.6 is 22.9 Å². The number of aliphatic hydroxyl groups excluding tert-OH is 1. The SMILES string of the molecule is O=C(/C=C/c1ccc(Cl)s1)Nc1cccc(CO)c1. The number of hydrogen-bond donors (Lipinski definition) is 2. The minimum atomic E-state index is -0.223. The third-order valence-corrected chi connectivity index (χ3v) is 3.57. The number of carbonyl (C=O) groups is 1. The Hall–Kier alpha value is -1.62. The Kier molecular flexibility index (Phi) is 4.74. The monoisotopic (exact) mass is 293 g/mol. The normalized spacial score (nSPS) is 10.8. The second-order valence-electron chi connectivity index (χ2n) is 3.82. The van der Waals surface area contributed by atoms with Crippen LogP contribution in [0, 0.1) is 0 Å². The number of nitrogens with one attached hydrogen (secondary N) is 1. The standard InChI is InChI=1S/C14H12ClNO2S/c15-13-6-4-12(19-13)5-7-14(18)16-11-3-1-2-10(8-11)9-17/h1-8,17H,9H2,(H,16,18)/b7-5+. The summed E-state index contributed by atoms with van der Waals surface area (Å²) in [6.45, 7) is -0.0484. The van der Waals surface area contributed by atoms with E-state index in [-0.39, 0.29) is 12.5 Å². The fourth-order valence-electron chi connectivity index (χ4n) is 1.51. The molecule has 2 rings (SSSR count). The number of aliphatic hydroxyl groups is 1. The quantitative estimate of drug-likeness (QED) is 0.847. The maximum absolute atomic E-state index is 11.7. The molecular formula is C14H12ClNO2S. The van der Waals surface area contributed by atoms with Gasteiger partial charge in [0.25, 0.3) is 0 Å². The third kappa shape index (κ3) is 4.21. The zero-order valence-corrected chi connectivity index (χ0v) is 11.5. The van der Waals surface area contributed by atoms with E-state index in [9.17, 15) is 4.79 Å². The summed E-state index contributed by atoms with van der Waals surface area (Å²) in [5.41, 5.74) is 1.41. The van der Waals surface area contributed by atoms with Gasteiger partial charge in [0.2, 0.25) is 5.91 Å². The van der Waals surface area contributed by atoms with Gasteiger partial charge in [0.15, 0.2) is 0 Å². The predicted octanol–water partition coefficient (Wildman–Crippen LogP) is 3.55. The Bertz CT molecular complexity index is 607. The number of anilines is 1. The number of amides is 1. The van der Waals surface area contributed by atoms with Crippen LogP contribution in [0.25, 0.3) is 6.08 Å². The maximum Gasteiger partial charge on any atom is 0.248 e. The Labute approximate surface area is 120 Å². The minimum Gasteiger partial charge on any atom is -0.392 e. The second kappa shape index (κ2) is 6.52. The van der Waals surface area contributed by atoms with Gasteiger partial charge in [-0.2, -0.15) is 0 Å². The molecule has 0 fully saturated rings. The van der Waals surface area contributed by atoms with Crippen molar-refractivity contribution in [2.45, 2.75) is 6.61 Å². The largest absolute Gasteiger partial charge is 0.392 e. The molecule has 98 valence electrons. The van der Waals surface area contributed by atoms with Crippen molar-refractivity contribution in [2.24, 2.45) is 0 Å². The number of thiophene rings is 1. The minimum absolute atomic E-state index is 0.0484. The van der Waals surface area contributed by atoms with Gasteiger partial charge >= 0.3 is 0 Å². The average Bonchev–Trinajstić information content (AvgIpc) is 2.82. The van der Waals surface area contributed by atoms with Gasteiger partial charge in [-0.05, 0) is 35.9 Å². The van der Waals surface area contributed by atoms with Gasteiger partial charge in [-0.3, -0.25) is 4.79 Å². The number of halogens is 1. The molecule has 2 aromatic rings. The Balaban J connectivity index is 1.99. The first-order valence-corrected chi connectivity index (χ1v) is 6.81. The summed E-state index contributed by atoms with van der Waals surface area (Å²) >= 11 is 7.21. The molecule has 0 spiro atoms. The highest BCUT2D eigenvalue weighted by Gasteiger charge is 2.00. The first-order chi connectivity index (χ1) is 9.17. The van der Waals surface area contributed by atoms with Crippen LogP contribution in [0.3, 0.4) is 0 Å². The lowest BCUT2D eigenvalue weighted by Gasteiger charge is -2.03. The highest BCUT2D eigenvalue weighted by Crippen LogP contribution is 2.22. The molecule has 0 saturated carbocycles. The maximum atomic E-state index is 11.7. The molecule has 0 atom stereocenters. The Morgan fingerprint density at radius 3 is 2.89 bits per heavy atom. The van der Waals surface area contributed by atoms with E-state index in [1.165, 1.54) is 17.4 Å². The van der Waals surface area contributed by atoms with E-state index in [0.29, 0.717) is 10.0 Å². The molecule has 0 aliphatic rings. The average molecular weight is 294 g/mol. The molecule has 1 aromatic heterocycles. The van der Waals surface area contributed by atoms with Crippen molar-refractivity contribution in [1.29, 1.82) is 0 Å². The van der Waals surface area contributed by atoms with Gasteiger partial charge in [-0.1, -0.05) is 23.7 Å². The fourth-order valence-corrected chi connectivity index (χ4v) is 2.47. The van der Waals surface area contributed by atoms with Gasteiger partial charge in [0.05, 0.1) is 10.9 Å². The topological polar surface area (TPSA) is 49.3 Å². The van der Waals surface area contributed by atoms with Gasteiger partial charge in [-0.15, -0.1) is 11.3 Å². The molecule has 2 N–H and O–H groups in total. The van der Waals surface area contributed by atoms with E-state index in [2.05, 4.69) is 5.32 Å². The lowest BCUT2D eigenvalue weighted by molar-refractivity contribution is -0.111. The summed E-state index contributed by atoms with van der Waals surface area (Å²) in [6.07, 6.45) is 3.16. The molecule has 0 bridgehead atoms. The molecule has 0 saturated heterocycles. The van der Waals surface area contributed by atoms with Crippen LogP contribution in [0.2, 0.25) is 4.34 Å². The van der Waals surface area contributed by atoms with Crippen molar-refractivity contribution in [1.82, 2.24) is 0 Å². The lowest BCUT2D eigenvalue weighted by atomic mass is 10.2. The molecule has 1 heterocycles. The molecule has 5 heteroatoms. The smallest absolute Gasteiger partial charge is 0.248 e. The van der Waals surface area contributed by atoms with Crippen LogP contribution in [-0.2, 0) is 11.4 Å². The highest BCUT2D eigenvalue weighted by atomic mass is 35.5. The third-order valence-electron chi connectivity index (χ3n) is 2.37. The van der Waals surface area contributed by atoms with E-state index in [1.54, 1.807) is 36.4 Å². The molecule has 0 radical (unpaired) electrons. The van der Waals surface area contributed by atoms with Crippen LogP contribution in [0.5, 0.6) is 0 Å². The number of hydrogen-bond acceptors (Lipinski definition) is 3. The molecule has 0 aliphatic heterocycles. The number of rotatable bonds is 4. The van der Waals surface area contributed by atoms with Crippen LogP contribution in [-0.4, -0.2) is 11.0 Å². The molecular weight excluding hydrogens is 282 g/mol. The predicted molar refractivity (Wildman–Crippen MR) is 79.4 cm³/mol. The molecule has 0 unspecified atom stereocenters. The summed E-state index contributed by atoms with van der Waals surface area (Å²) in [6, 6.07) is 10.7. The van der Waals surface area contributed by atoms with Crippen LogP contribution < -0.4 is 5.32 Å². The number of benzene rings is 1. The van der Waals surface area contributed by atoms with Crippen molar-refractivity contribution in [3.8, 4) is 0 Å². The van der Waals surface area contributed by atoms with Crippen LogP contribution in [0.15, 0.2) is 42.5 Å². The van der Waals surface area contributed by atoms with Crippen molar-refractivity contribution in [3.05, 3.63) is 57.3 Å². The summed E-state index contributed by atoms with van der Waals surface area (Å²) in [5.74, 6) is -0.223. The summed E-state index contributed by atoms with van der Waals surface area (Å²) in [7, 11) is 0. The fraction of sp³-hybridized carbons (Fsp3) is 0.0714. The van der Waals surface area contributed by atoms with Gasteiger partial charge < -0.3 is 10.4 Å². The zero-order valence-electron chi connectivity index (χ0n) is 9.97. The van der Waals surface area contributed by atoms with Crippen molar-refractivity contribution < 1.29 is 9.90 Å². The molecule has 19 heavy (non-hydrogen) atoms. The first kappa shape index (κ1) is 13.8. The molecule has 1 amide bonds. The van der Waals surface area contributed by atoms with Crippen molar-refractivity contribution >= 4 is 40.6 Å². The first-order valence-electron chi connectivity index (χ1n) is 5.61. The van der Waals surface area contributed by atoms with Crippen LogP contribution in [0.4, 0.5) is 5.69 Å². The van der Waals surface area contributed by atoms with Crippen molar-refractivity contribution in [3.63, 3.8) is 0 Å². The number of carbonyl (C=O) groups excluding carboxylic acids is 1. The van der Waals surface area contributed by atoms with Gasteiger partial charge in [0.1, 0.15) is 0 Å². The van der Waals surface area contributed by atoms with Gasteiger partial charge in [-0.25, -0.2) is 0 Å². The van der Waals surface area contributed by atoms with Gasteiger partial charge in [0, 0.05) is 16.6 Å². The van der Waals surface area contributed by atoms with E-state index in [1.807, 2.05) is 6.07 Å². The summed E-state index contributed by atoms with van der Waals surface area (Å²) in [5, 5.41) is 11.7. The van der Waals surface area contributed by atoms with Crippen molar-refractivity contribution in [2.75, 3.05) is 5.32 Å². The van der Waals surface area contributed by atoms with E-state index in [4.69, 9.17) is 16.7 Å². The summed E-state index contributed by atoms with van der Waals surface area (Å²) < 4.78 is 0.690. The Morgan fingerprint density at radius 2 is 2.21 bits per heavy atom. The second-order valence-corrected chi connectivity index (χ2v) is 5.57. The Morgan fingerprint density at radius 1 is 1.37 bits per heavy atom. The van der Waals surface area contributed by atoms with E-state index < -0.39 is 0 Å². The molecule has 3 nitrogen and oxygen atoms in total. The molecule has 0 aliphatic carbocycles. The molecule has 1 aromatic carbocycles. The summed E-state index contributed by atoms with van der Waals surface area (Å²) in [4.78, 5) is 12.6. The van der Waals surface area contributed by atoms with E-state index >= 15 is 0 Å².